The first-order chi connectivity index (χ1) is 16.8. The minimum Gasteiger partial charge on any atom is -0.370 e. The normalized spacial score (nSPS) is 14.5. The molecule has 4 aromatic rings. The van der Waals surface area contributed by atoms with Crippen molar-refractivity contribution in [3.8, 4) is 5.69 Å². The Bertz CT molecular complexity index is 1470. The van der Waals surface area contributed by atoms with Gasteiger partial charge in [-0.05, 0) is 56.3 Å². The van der Waals surface area contributed by atoms with Gasteiger partial charge < -0.3 is 10.1 Å². The van der Waals surface area contributed by atoms with E-state index in [4.69, 9.17) is 14.7 Å². The second kappa shape index (κ2) is 9.56. The number of pyridine rings is 1. The van der Waals surface area contributed by atoms with Crippen LogP contribution in [0.2, 0.25) is 0 Å². The summed E-state index contributed by atoms with van der Waals surface area (Å²) in [6, 6.07) is 18.5. The van der Waals surface area contributed by atoms with Crippen molar-refractivity contribution in [1.82, 2.24) is 14.5 Å². The standard InChI is InChI=1S/C26H23BrN4O3S/c1-26(2)13-21-16(14-34-26)12-20-23(29-21)30-25(31(24(20)33)19-6-4-3-5-7-19)35-15-22(32)28-18-10-8-17(27)9-11-18/h3-12H,13-15H2,1-2H3,(H,28,32). The zero-order chi connectivity index (χ0) is 24.6. The van der Waals surface area contributed by atoms with Crippen LogP contribution in [-0.2, 0) is 22.6 Å². The van der Waals surface area contributed by atoms with Crippen LogP contribution in [0.3, 0.4) is 0 Å². The fourth-order valence-electron chi connectivity index (χ4n) is 3.94. The van der Waals surface area contributed by atoms with Gasteiger partial charge in [0.05, 0.1) is 34.7 Å². The fourth-order valence-corrected chi connectivity index (χ4v) is 5.01. The average molecular weight is 551 g/mol. The summed E-state index contributed by atoms with van der Waals surface area (Å²) in [6.45, 7) is 4.45. The van der Waals surface area contributed by atoms with Crippen molar-refractivity contribution in [2.75, 3.05) is 11.1 Å². The molecule has 1 amide bonds. The van der Waals surface area contributed by atoms with Crippen LogP contribution in [0.25, 0.3) is 16.7 Å². The number of carbonyl (C=O) groups is 1. The lowest BCUT2D eigenvalue weighted by Crippen LogP contribution is -2.33. The Kier molecular flexibility index (Phi) is 6.48. The summed E-state index contributed by atoms with van der Waals surface area (Å²) >= 11 is 4.59. The SMILES string of the molecule is CC1(C)Cc2nc3nc(SCC(=O)Nc4ccc(Br)cc4)n(-c4ccccc4)c(=O)c3cc2CO1. The Morgan fingerprint density at radius 1 is 1.14 bits per heavy atom. The molecule has 0 atom stereocenters. The molecule has 35 heavy (non-hydrogen) atoms. The highest BCUT2D eigenvalue weighted by molar-refractivity contribution is 9.10. The van der Waals surface area contributed by atoms with Gasteiger partial charge in [-0.15, -0.1) is 0 Å². The van der Waals surface area contributed by atoms with E-state index in [9.17, 15) is 9.59 Å². The van der Waals surface area contributed by atoms with Crippen LogP contribution in [0.4, 0.5) is 5.69 Å². The number of rotatable bonds is 5. The van der Waals surface area contributed by atoms with Gasteiger partial charge in [-0.2, -0.15) is 0 Å². The topological polar surface area (TPSA) is 86.1 Å². The molecule has 0 unspecified atom stereocenters. The molecule has 178 valence electrons. The molecular weight excluding hydrogens is 528 g/mol. The quantitative estimate of drug-likeness (QED) is 0.274. The predicted molar refractivity (Wildman–Crippen MR) is 141 cm³/mol. The molecule has 2 aromatic heterocycles. The lowest BCUT2D eigenvalue weighted by Gasteiger charge is -2.31. The van der Waals surface area contributed by atoms with Crippen LogP contribution in [-0.4, -0.2) is 31.8 Å². The highest BCUT2D eigenvalue weighted by Crippen LogP contribution is 2.29. The van der Waals surface area contributed by atoms with Gasteiger partial charge in [-0.3, -0.25) is 14.2 Å². The maximum atomic E-state index is 13.7. The molecular formula is C26H23BrN4O3S. The first-order valence-corrected chi connectivity index (χ1v) is 12.9. The maximum Gasteiger partial charge on any atom is 0.268 e. The van der Waals surface area contributed by atoms with E-state index < -0.39 is 0 Å². The van der Waals surface area contributed by atoms with Crippen molar-refractivity contribution in [1.29, 1.82) is 0 Å². The number of hydrogen-bond acceptors (Lipinski definition) is 6. The molecule has 0 saturated carbocycles. The molecule has 2 aromatic carbocycles. The van der Waals surface area contributed by atoms with Crippen LogP contribution in [0.15, 0.2) is 75.1 Å². The molecule has 5 rings (SSSR count). The molecule has 9 heteroatoms. The minimum atomic E-state index is -0.324. The number of nitrogens with zero attached hydrogens (tertiary/aromatic N) is 3. The van der Waals surface area contributed by atoms with Gasteiger partial charge in [0.25, 0.3) is 5.56 Å². The smallest absolute Gasteiger partial charge is 0.268 e. The van der Waals surface area contributed by atoms with Gasteiger partial charge >= 0.3 is 0 Å². The molecule has 1 N–H and O–H groups in total. The number of halogens is 1. The van der Waals surface area contributed by atoms with Gasteiger partial charge in [0.1, 0.15) is 0 Å². The third-order valence-electron chi connectivity index (χ3n) is 5.68. The third kappa shape index (κ3) is 5.17. The number of para-hydroxylation sites is 1. The van der Waals surface area contributed by atoms with Crippen molar-refractivity contribution < 1.29 is 9.53 Å². The number of nitrogens with one attached hydrogen (secondary N) is 1. The van der Waals surface area contributed by atoms with Gasteiger partial charge in [0, 0.05) is 22.1 Å². The van der Waals surface area contributed by atoms with E-state index in [1.165, 1.54) is 11.8 Å². The van der Waals surface area contributed by atoms with Crippen LogP contribution in [0.1, 0.15) is 25.1 Å². The molecule has 0 aliphatic carbocycles. The first-order valence-electron chi connectivity index (χ1n) is 11.1. The monoisotopic (exact) mass is 550 g/mol. The van der Waals surface area contributed by atoms with Crippen molar-refractivity contribution in [3.05, 3.63) is 86.7 Å². The second-order valence-electron chi connectivity index (χ2n) is 8.90. The zero-order valence-electron chi connectivity index (χ0n) is 19.2. The van der Waals surface area contributed by atoms with Gasteiger partial charge in [0.2, 0.25) is 5.91 Å². The average Bonchev–Trinajstić information content (AvgIpc) is 2.83. The maximum absolute atomic E-state index is 13.7. The lowest BCUT2D eigenvalue weighted by atomic mass is 9.95. The molecule has 0 radical (unpaired) electrons. The molecule has 0 fully saturated rings. The van der Waals surface area contributed by atoms with E-state index in [1.807, 2.05) is 74.5 Å². The van der Waals surface area contributed by atoms with Crippen molar-refractivity contribution in [2.45, 2.75) is 37.6 Å². The van der Waals surface area contributed by atoms with Gasteiger partial charge in [-0.25, -0.2) is 9.97 Å². The lowest BCUT2D eigenvalue weighted by molar-refractivity contribution is -0.113. The van der Waals surface area contributed by atoms with E-state index in [2.05, 4.69) is 21.2 Å². The number of hydrogen-bond donors (Lipinski definition) is 1. The molecule has 0 saturated heterocycles. The van der Waals surface area contributed by atoms with E-state index in [0.717, 1.165) is 15.7 Å². The Labute approximate surface area is 215 Å². The third-order valence-corrected chi connectivity index (χ3v) is 7.15. The number of thioether (sulfide) groups is 1. The Hall–Kier alpha value is -3.01. The molecule has 1 aliphatic rings. The Morgan fingerprint density at radius 3 is 2.63 bits per heavy atom. The summed E-state index contributed by atoms with van der Waals surface area (Å²) in [5.41, 5.74) is 3.01. The van der Waals surface area contributed by atoms with E-state index in [-0.39, 0.29) is 22.8 Å². The van der Waals surface area contributed by atoms with E-state index in [0.29, 0.717) is 40.6 Å². The Morgan fingerprint density at radius 2 is 1.89 bits per heavy atom. The summed E-state index contributed by atoms with van der Waals surface area (Å²) in [5, 5.41) is 3.72. The van der Waals surface area contributed by atoms with Crippen LogP contribution < -0.4 is 10.9 Å². The molecule has 1 aliphatic heterocycles. The number of anilines is 1. The fraction of sp³-hybridized carbons (Fsp3) is 0.231. The summed E-state index contributed by atoms with van der Waals surface area (Å²) in [6.07, 6.45) is 0.639. The van der Waals surface area contributed by atoms with Crippen molar-refractivity contribution in [3.63, 3.8) is 0 Å². The van der Waals surface area contributed by atoms with Crippen LogP contribution in [0, 0.1) is 0 Å². The van der Waals surface area contributed by atoms with E-state index >= 15 is 0 Å². The van der Waals surface area contributed by atoms with Crippen molar-refractivity contribution in [2.24, 2.45) is 0 Å². The second-order valence-corrected chi connectivity index (χ2v) is 10.8. The number of benzene rings is 2. The highest BCUT2D eigenvalue weighted by atomic mass is 79.9. The molecule has 0 bridgehead atoms. The zero-order valence-corrected chi connectivity index (χ0v) is 21.6. The van der Waals surface area contributed by atoms with Crippen LogP contribution in [0.5, 0.6) is 0 Å². The van der Waals surface area contributed by atoms with E-state index in [1.54, 1.807) is 4.57 Å². The first kappa shape index (κ1) is 23.7. The number of aromatic nitrogens is 3. The number of amides is 1. The summed E-state index contributed by atoms with van der Waals surface area (Å²) in [7, 11) is 0. The minimum absolute atomic E-state index is 0.0899. The molecule has 3 heterocycles. The Balaban J connectivity index is 1.52. The van der Waals surface area contributed by atoms with Gasteiger partial charge in [0.15, 0.2) is 10.8 Å². The highest BCUT2D eigenvalue weighted by Gasteiger charge is 2.28. The summed E-state index contributed by atoms with van der Waals surface area (Å²) in [5.74, 6) is -0.101. The van der Waals surface area contributed by atoms with Gasteiger partial charge in [-0.1, -0.05) is 45.9 Å². The number of carbonyl (C=O) groups excluding carboxylic acids is 1. The summed E-state index contributed by atoms with van der Waals surface area (Å²) in [4.78, 5) is 35.8. The largest absolute Gasteiger partial charge is 0.370 e. The van der Waals surface area contributed by atoms with Crippen molar-refractivity contribution >= 4 is 50.3 Å². The van der Waals surface area contributed by atoms with Crippen LogP contribution >= 0.6 is 27.7 Å². The number of fused-ring (bicyclic) bond motifs is 2. The molecule has 7 nitrogen and oxygen atoms in total. The molecule has 0 spiro atoms. The summed E-state index contributed by atoms with van der Waals surface area (Å²) < 4.78 is 8.39. The predicted octanol–water partition coefficient (Wildman–Crippen LogP) is 5.13. The number of ether oxygens (including phenoxy) is 1.